The number of hydrogen-bond donors (Lipinski definition) is 1. The Morgan fingerprint density at radius 1 is 1.12 bits per heavy atom. The molecule has 6 heteroatoms. The van der Waals surface area contributed by atoms with Crippen LogP contribution >= 0.6 is 11.3 Å². The molecule has 4 aromatic rings. The maximum absolute atomic E-state index is 12.3. The van der Waals surface area contributed by atoms with Crippen molar-refractivity contribution in [2.24, 2.45) is 0 Å². The molecule has 4 rings (SSSR count). The number of aryl methyl sites for hydroxylation is 1. The average Bonchev–Trinajstić information content (AvgIpc) is 3.38. The summed E-state index contributed by atoms with van der Waals surface area (Å²) in [4.78, 5) is 17.0. The van der Waals surface area contributed by atoms with Crippen molar-refractivity contribution in [1.29, 1.82) is 0 Å². The second kappa shape index (κ2) is 9.66. The summed E-state index contributed by atoms with van der Waals surface area (Å²) < 4.78 is 7.50. The first kappa shape index (κ1) is 21.6. The van der Waals surface area contributed by atoms with Gasteiger partial charge in [0.25, 0.3) is 0 Å². The number of carbonyl (C=O) groups is 1. The molecule has 0 radical (unpaired) electrons. The summed E-state index contributed by atoms with van der Waals surface area (Å²) in [6, 6.07) is 20.1. The van der Waals surface area contributed by atoms with Gasteiger partial charge >= 0.3 is 0 Å². The molecule has 0 fully saturated rings. The Kier molecular flexibility index (Phi) is 6.52. The maximum Gasteiger partial charge on any atom is 0.250 e. The minimum Gasteiger partial charge on any atom is -0.497 e. The Balaban J connectivity index is 1.46. The maximum atomic E-state index is 12.3. The Morgan fingerprint density at radius 3 is 2.72 bits per heavy atom. The Hall–Kier alpha value is -3.64. The van der Waals surface area contributed by atoms with Gasteiger partial charge in [-0.3, -0.25) is 10.1 Å². The van der Waals surface area contributed by atoms with E-state index >= 15 is 0 Å². The van der Waals surface area contributed by atoms with Crippen molar-refractivity contribution in [3.63, 3.8) is 0 Å². The molecule has 0 aliphatic rings. The summed E-state index contributed by atoms with van der Waals surface area (Å²) in [6.45, 7) is 5.04. The lowest BCUT2D eigenvalue weighted by atomic mass is 10.2. The highest BCUT2D eigenvalue weighted by Crippen LogP contribution is 2.30. The number of thiazole rings is 1. The van der Waals surface area contributed by atoms with Crippen molar-refractivity contribution in [2.75, 3.05) is 12.4 Å². The molecular weight excluding hydrogens is 418 g/mol. The van der Waals surface area contributed by atoms with Gasteiger partial charge in [0.15, 0.2) is 5.13 Å². The van der Waals surface area contributed by atoms with E-state index in [2.05, 4.69) is 59.0 Å². The molecule has 0 saturated carbocycles. The molecule has 1 N–H and O–H groups in total. The first-order chi connectivity index (χ1) is 15.5. The van der Waals surface area contributed by atoms with Crippen LogP contribution in [0.3, 0.4) is 0 Å². The van der Waals surface area contributed by atoms with Crippen LogP contribution in [0.25, 0.3) is 17.3 Å². The number of aromatic nitrogens is 2. The van der Waals surface area contributed by atoms with Crippen molar-refractivity contribution in [3.05, 3.63) is 94.6 Å². The molecule has 0 aliphatic heterocycles. The minimum absolute atomic E-state index is 0.219. The molecule has 2 aromatic heterocycles. The van der Waals surface area contributed by atoms with E-state index in [1.165, 1.54) is 28.7 Å². The van der Waals surface area contributed by atoms with Crippen LogP contribution in [-0.4, -0.2) is 22.6 Å². The van der Waals surface area contributed by atoms with E-state index in [0.29, 0.717) is 5.13 Å². The van der Waals surface area contributed by atoms with E-state index < -0.39 is 0 Å². The summed E-state index contributed by atoms with van der Waals surface area (Å²) >= 11 is 1.42. The van der Waals surface area contributed by atoms with Gasteiger partial charge in [-0.1, -0.05) is 42.5 Å². The van der Waals surface area contributed by atoms with Crippen molar-refractivity contribution in [2.45, 2.75) is 20.4 Å². The van der Waals surface area contributed by atoms with Crippen LogP contribution in [0.2, 0.25) is 0 Å². The van der Waals surface area contributed by atoms with Gasteiger partial charge in [-0.2, -0.15) is 0 Å². The fourth-order valence-corrected chi connectivity index (χ4v) is 4.30. The van der Waals surface area contributed by atoms with Gasteiger partial charge < -0.3 is 9.30 Å². The molecule has 0 saturated heterocycles. The van der Waals surface area contributed by atoms with Crippen LogP contribution in [0.1, 0.15) is 22.5 Å². The minimum atomic E-state index is -0.219. The Labute approximate surface area is 192 Å². The molecular formula is C26H25N3O2S. The van der Waals surface area contributed by atoms with Crippen LogP contribution in [0.15, 0.2) is 72.1 Å². The standard InChI is InChI=1S/C26H25N3O2S/c1-18-14-23(19(2)29(18)16-21-8-5-4-6-9-21)24-17-32-26(27-24)28-25(30)13-12-20-10-7-11-22(15-20)31-3/h4-15,17H,16H2,1-3H3,(H,27,28,30). The first-order valence-electron chi connectivity index (χ1n) is 10.3. The van der Waals surface area contributed by atoms with Crippen molar-refractivity contribution < 1.29 is 9.53 Å². The number of ether oxygens (including phenoxy) is 1. The van der Waals surface area contributed by atoms with Crippen LogP contribution in [0.5, 0.6) is 5.75 Å². The Morgan fingerprint density at radius 2 is 1.94 bits per heavy atom. The number of benzene rings is 2. The van der Waals surface area contributed by atoms with Crippen molar-refractivity contribution in [3.8, 4) is 17.0 Å². The number of methoxy groups -OCH3 is 1. The van der Waals surface area contributed by atoms with Crippen molar-refractivity contribution >= 4 is 28.5 Å². The predicted octanol–water partition coefficient (Wildman–Crippen LogP) is 5.94. The van der Waals surface area contributed by atoms with E-state index in [1.54, 1.807) is 13.2 Å². The van der Waals surface area contributed by atoms with Crippen LogP contribution in [0.4, 0.5) is 5.13 Å². The SMILES string of the molecule is COc1cccc(C=CC(=O)Nc2nc(-c3cc(C)n(Cc4ccccc4)c3C)cs2)c1. The molecule has 0 bridgehead atoms. The van der Waals surface area contributed by atoms with Gasteiger partial charge in [-0.05, 0) is 49.2 Å². The third kappa shape index (κ3) is 4.98. The molecule has 0 atom stereocenters. The fourth-order valence-electron chi connectivity index (χ4n) is 3.59. The lowest BCUT2D eigenvalue weighted by Gasteiger charge is -2.09. The van der Waals surface area contributed by atoms with E-state index in [9.17, 15) is 4.79 Å². The van der Waals surface area contributed by atoms with Crippen LogP contribution in [-0.2, 0) is 11.3 Å². The molecule has 0 spiro atoms. The number of rotatable bonds is 7. The number of nitrogens with zero attached hydrogens (tertiary/aromatic N) is 2. The lowest BCUT2D eigenvalue weighted by Crippen LogP contribution is -2.07. The van der Waals surface area contributed by atoms with E-state index in [4.69, 9.17) is 4.74 Å². The third-order valence-corrected chi connectivity index (χ3v) is 6.05. The number of hydrogen-bond acceptors (Lipinski definition) is 4. The predicted molar refractivity (Wildman–Crippen MR) is 131 cm³/mol. The van der Waals surface area contributed by atoms with E-state index in [1.807, 2.05) is 35.7 Å². The Bertz CT molecular complexity index is 1260. The van der Waals surface area contributed by atoms with Crippen LogP contribution < -0.4 is 10.1 Å². The van der Waals surface area contributed by atoms with E-state index in [-0.39, 0.29) is 5.91 Å². The summed E-state index contributed by atoms with van der Waals surface area (Å²) in [5.74, 6) is 0.533. The molecule has 0 aliphatic carbocycles. The normalized spacial score (nSPS) is 11.1. The number of anilines is 1. The van der Waals surface area contributed by atoms with Gasteiger partial charge in [-0.15, -0.1) is 11.3 Å². The molecule has 2 aromatic carbocycles. The summed E-state index contributed by atoms with van der Waals surface area (Å²) in [5, 5.41) is 5.41. The fraction of sp³-hybridized carbons (Fsp3) is 0.154. The topological polar surface area (TPSA) is 56.1 Å². The second-order valence-corrected chi connectivity index (χ2v) is 8.35. The largest absolute Gasteiger partial charge is 0.497 e. The first-order valence-corrected chi connectivity index (χ1v) is 11.2. The van der Waals surface area contributed by atoms with E-state index in [0.717, 1.165) is 34.8 Å². The molecule has 162 valence electrons. The molecule has 5 nitrogen and oxygen atoms in total. The summed E-state index contributed by atoms with van der Waals surface area (Å²) in [6.07, 6.45) is 3.26. The van der Waals surface area contributed by atoms with Crippen molar-refractivity contribution in [1.82, 2.24) is 9.55 Å². The third-order valence-electron chi connectivity index (χ3n) is 5.29. The number of amides is 1. The number of carbonyl (C=O) groups excluding carboxylic acids is 1. The zero-order chi connectivity index (χ0) is 22.5. The van der Waals surface area contributed by atoms with Gasteiger partial charge in [0.05, 0.1) is 12.8 Å². The average molecular weight is 444 g/mol. The number of nitrogens with one attached hydrogen (secondary N) is 1. The zero-order valence-electron chi connectivity index (χ0n) is 18.3. The molecule has 2 heterocycles. The van der Waals surface area contributed by atoms with Gasteiger partial charge in [0.2, 0.25) is 5.91 Å². The summed E-state index contributed by atoms with van der Waals surface area (Å²) in [5.41, 5.74) is 6.45. The highest BCUT2D eigenvalue weighted by atomic mass is 32.1. The highest BCUT2D eigenvalue weighted by molar-refractivity contribution is 7.14. The molecule has 0 unspecified atom stereocenters. The van der Waals surface area contributed by atoms with Crippen LogP contribution in [0, 0.1) is 13.8 Å². The quantitative estimate of drug-likeness (QED) is 0.360. The second-order valence-electron chi connectivity index (χ2n) is 7.49. The zero-order valence-corrected chi connectivity index (χ0v) is 19.1. The molecule has 1 amide bonds. The highest BCUT2D eigenvalue weighted by Gasteiger charge is 2.14. The van der Waals surface area contributed by atoms with Gasteiger partial charge in [0, 0.05) is 35.0 Å². The lowest BCUT2D eigenvalue weighted by molar-refractivity contribution is -0.111. The molecule has 32 heavy (non-hydrogen) atoms. The summed E-state index contributed by atoms with van der Waals surface area (Å²) in [7, 11) is 1.62. The van der Waals surface area contributed by atoms with Gasteiger partial charge in [0.1, 0.15) is 5.75 Å². The van der Waals surface area contributed by atoms with Gasteiger partial charge in [-0.25, -0.2) is 4.98 Å². The monoisotopic (exact) mass is 443 g/mol. The smallest absolute Gasteiger partial charge is 0.250 e.